The van der Waals surface area contributed by atoms with Gasteiger partial charge in [-0.05, 0) is 18.4 Å². The Kier molecular flexibility index (Phi) is 5.44. The van der Waals surface area contributed by atoms with Crippen LogP contribution in [0.3, 0.4) is 0 Å². The summed E-state index contributed by atoms with van der Waals surface area (Å²) in [6, 6.07) is 0. The van der Waals surface area contributed by atoms with Crippen LogP contribution < -0.4 is 5.32 Å². The summed E-state index contributed by atoms with van der Waals surface area (Å²) in [5, 5.41) is 0.567. The molecule has 0 spiro atoms. The molecule has 0 bridgehead atoms. The molecule has 0 rings (SSSR count). The summed E-state index contributed by atoms with van der Waals surface area (Å²) < 4.78 is 31.0. The Morgan fingerprint density at radius 3 is 1.94 bits per heavy atom. The largest absolute Gasteiger partial charge is 0.333 e. The molecule has 0 heterocycles. The van der Waals surface area contributed by atoms with Gasteiger partial charge >= 0.3 is 0 Å². The highest BCUT2D eigenvalue weighted by molar-refractivity contribution is 7.86. The molecule has 7 heteroatoms. The second kappa shape index (κ2) is 5.92. The fraction of sp³-hybridized carbons (Fsp3) is 0.455. The Balaban J connectivity index is 5.00. The van der Waals surface area contributed by atoms with Crippen LogP contribution in [0, 0.1) is 5.92 Å². The standard InChI is InChI=1S/C11H17NO5S/c1-6(2)9(13)8(5)10(14)12-11(7(3)4)18(15,16)17/h7,11H,1,5H2,2-4H3,(H,12,14)(H,15,16,17). The van der Waals surface area contributed by atoms with Crippen molar-refractivity contribution in [1.82, 2.24) is 5.32 Å². The first kappa shape index (κ1) is 16.5. The predicted octanol–water partition coefficient (Wildman–Crippen LogP) is 0.674. The Labute approximate surface area is 107 Å². The van der Waals surface area contributed by atoms with Gasteiger partial charge in [-0.2, -0.15) is 8.42 Å². The Morgan fingerprint density at radius 1 is 1.22 bits per heavy atom. The lowest BCUT2D eigenvalue weighted by Gasteiger charge is -2.19. The normalized spacial score (nSPS) is 12.9. The van der Waals surface area contributed by atoms with E-state index in [9.17, 15) is 18.0 Å². The van der Waals surface area contributed by atoms with Gasteiger partial charge < -0.3 is 5.32 Å². The van der Waals surface area contributed by atoms with Gasteiger partial charge in [-0.25, -0.2) is 0 Å². The molecule has 0 saturated carbocycles. The maximum Gasteiger partial charge on any atom is 0.286 e. The number of allylic oxidation sites excluding steroid dienone is 1. The maximum atomic E-state index is 11.6. The number of hydrogen-bond acceptors (Lipinski definition) is 4. The molecule has 0 radical (unpaired) electrons. The molecule has 0 aliphatic heterocycles. The first-order valence-electron chi connectivity index (χ1n) is 5.14. The second-order valence-electron chi connectivity index (χ2n) is 4.24. The highest BCUT2D eigenvalue weighted by Gasteiger charge is 2.30. The molecule has 1 unspecified atom stereocenters. The minimum Gasteiger partial charge on any atom is -0.333 e. The highest BCUT2D eigenvalue weighted by atomic mass is 32.2. The molecular formula is C11H17NO5S. The van der Waals surface area contributed by atoms with Gasteiger partial charge in [0.05, 0.1) is 5.57 Å². The van der Waals surface area contributed by atoms with Gasteiger partial charge in [0.1, 0.15) is 0 Å². The molecule has 1 atom stereocenters. The van der Waals surface area contributed by atoms with Crippen molar-refractivity contribution in [2.24, 2.45) is 5.92 Å². The summed E-state index contributed by atoms with van der Waals surface area (Å²) >= 11 is 0. The van der Waals surface area contributed by atoms with E-state index in [1.54, 1.807) is 0 Å². The number of amides is 1. The van der Waals surface area contributed by atoms with Crippen LogP contribution in [-0.2, 0) is 19.7 Å². The number of rotatable bonds is 6. The van der Waals surface area contributed by atoms with E-state index < -0.39 is 38.7 Å². The third-order valence-corrected chi connectivity index (χ3v) is 3.44. The minimum atomic E-state index is -4.45. The van der Waals surface area contributed by atoms with Crippen LogP contribution in [0.15, 0.2) is 24.3 Å². The number of Topliss-reactive ketones (excluding diaryl/α,β-unsaturated/α-hetero) is 1. The van der Waals surface area contributed by atoms with Gasteiger partial charge in [0, 0.05) is 0 Å². The number of carbonyl (C=O) groups excluding carboxylic acids is 2. The van der Waals surface area contributed by atoms with Crippen LogP contribution in [0.4, 0.5) is 0 Å². The van der Waals surface area contributed by atoms with Crippen molar-refractivity contribution in [3.63, 3.8) is 0 Å². The quantitative estimate of drug-likeness (QED) is 0.321. The van der Waals surface area contributed by atoms with Crippen molar-refractivity contribution in [3.05, 3.63) is 24.3 Å². The zero-order valence-electron chi connectivity index (χ0n) is 10.6. The van der Waals surface area contributed by atoms with E-state index >= 15 is 0 Å². The molecule has 0 aliphatic rings. The van der Waals surface area contributed by atoms with E-state index in [1.165, 1.54) is 20.8 Å². The zero-order chi connectivity index (χ0) is 14.7. The summed E-state index contributed by atoms with van der Waals surface area (Å²) in [5.74, 6) is -2.17. The van der Waals surface area contributed by atoms with Gasteiger partial charge in [-0.3, -0.25) is 14.1 Å². The fourth-order valence-corrected chi connectivity index (χ4v) is 2.11. The first-order valence-corrected chi connectivity index (χ1v) is 6.65. The van der Waals surface area contributed by atoms with E-state index in [4.69, 9.17) is 4.55 Å². The van der Waals surface area contributed by atoms with Crippen LogP contribution in [0.2, 0.25) is 0 Å². The van der Waals surface area contributed by atoms with Gasteiger partial charge in [-0.1, -0.05) is 27.0 Å². The summed E-state index contributed by atoms with van der Waals surface area (Å²) in [4.78, 5) is 23.0. The van der Waals surface area contributed by atoms with E-state index in [0.29, 0.717) is 0 Å². The van der Waals surface area contributed by atoms with Crippen LogP contribution >= 0.6 is 0 Å². The SMILES string of the molecule is C=C(C)C(=O)C(=C)C(=O)NC(C(C)C)S(=O)(=O)O. The highest BCUT2D eigenvalue weighted by Crippen LogP contribution is 2.10. The van der Waals surface area contributed by atoms with Gasteiger partial charge in [0.2, 0.25) is 0 Å². The summed E-state index contributed by atoms with van der Waals surface area (Å²) in [6.45, 7) is 11.0. The molecule has 2 N–H and O–H groups in total. The van der Waals surface area contributed by atoms with E-state index in [-0.39, 0.29) is 5.57 Å². The third kappa shape index (κ3) is 4.42. The van der Waals surface area contributed by atoms with Gasteiger partial charge in [0.25, 0.3) is 16.0 Å². The summed E-state index contributed by atoms with van der Waals surface area (Å²) in [7, 11) is -4.45. The van der Waals surface area contributed by atoms with Gasteiger partial charge in [-0.15, -0.1) is 0 Å². The monoisotopic (exact) mass is 275 g/mol. The van der Waals surface area contributed by atoms with Gasteiger partial charge in [0.15, 0.2) is 11.2 Å². The van der Waals surface area contributed by atoms with E-state index in [1.807, 2.05) is 0 Å². The molecule has 1 amide bonds. The lowest BCUT2D eigenvalue weighted by atomic mass is 10.1. The zero-order valence-corrected chi connectivity index (χ0v) is 11.4. The molecule has 0 aromatic rings. The molecule has 0 aliphatic carbocycles. The summed E-state index contributed by atoms with van der Waals surface area (Å²) in [6.07, 6.45) is 0. The maximum absolute atomic E-state index is 11.6. The Morgan fingerprint density at radius 2 is 1.67 bits per heavy atom. The molecule has 102 valence electrons. The second-order valence-corrected chi connectivity index (χ2v) is 5.78. The molecule has 0 aromatic carbocycles. The molecule has 0 aromatic heterocycles. The van der Waals surface area contributed by atoms with Crippen molar-refractivity contribution in [2.45, 2.75) is 26.1 Å². The third-order valence-electron chi connectivity index (χ3n) is 2.14. The number of nitrogens with one attached hydrogen (secondary N) is 1. The molecule has 0 fully saturated rings. The molecule has 6 nitrogen and oxygen atoms in total. The smallest absolute Gasteiger partial charge is 0.286 e. The van der Waals surface area contributed by atoms with E-state index in [2.05, 4.69) is 18.5 Å². The number of ketones is 1. The average Bonchev–Trinajstić information content (AvgIpc) is 2.20. The lowest BCUT2D eigenvalue weighted by molar-refractivity contribution is -0.121. The van der Waals surface area contributed by atoms with Crippen molar-refractivity contribution >= 4 is 21.8 Å². The van der Waals surface area contributed by atoms with Crippen LogP contribution in [0.1, 0.15) is 20.8 Å². The first-order chi connectivity index (χ1) is 7.98. The van der Waals surface area contributed by atoms with Crippen LogP contribution in [0.25, 0.3) is 0 Å². The average molecular weight is 275 g/mol. The number of hydrogen-bond donors (Lipinski definition) is 2. The predicted molar refractivity (Wildman–Crippen MR) is 67.3 cm³/mol. The lowest BCUT2D eigenvalue weighted by Crippen LogP contribution is -2.45. The van der Waals surface area contributed by atoms with Crippen molar-refractivity contribution < 1.29 is 22.6 Å². The fourth-order valence-electron chi connectivity index (χ4n) is 1.16. The van der Waals surface area contributed by atoms with Crippen molar-refractivity contribution in [2.75, 3.05) is 0 Å². The topological polar surface area (TPSA) is 101 Å². The van der Waals surface area contributed by atoms with Crippen LogP contribution in [-0.4, -0.2) is 30.0 Å². The van der Waals surface area contributed by atoms with E-state index in [0.717, 1.165) is 0 Å². The van der Waals surface area contributed by atoms with Crippen molar-refractivity contribution in [3.8, 4) is 0 Å². The minimum absolute atomic E-state index is 0.114. The molecular weight excluding hydrogens is 258 g/mol. The van der Waals surface area contributed by atoms with Crippen molar-refractivity contribution in [1.29, 1.82) is 0 Å². The Bertz CT molecular complexity index is 490. The van der Waals surface area contributed by atoms with Crippen LogP contribution in [0.5, 0.6) is 0 Å². The molecule has 0 saturated heterocycles. The number of carbonyl (C=O) groups is 2. The Hall–Kier alpha value is -1.47. The summed E-state index contributed by atoms with van der Waals surface area (Å²) in [5.41, 5.74) is -0.306. The molecule has 18 heavy (non-hydrogen) atoms.